The van der Waals surface area contributed by atoms with Crippen LogP contribution >= 0.6 is 0 Å². The molecule has 2 saturated heterocycles. The summed E-state index contributed by atoms with van der Waals surface area (Å²) < 4.78 is 7.67. The highest BCUT2D eigenvalue weighted by molar-refractivity contribution is 5.76. The van der Waals surface area contributed by atoms with Gasteiger partial charge in [-0.25, -0.2) is 9.78 Å². The summed E-state index contributed by atoms with van der Waals surface area (Å²) in [6.07, 6.45) is 0.756. The predicted molar refractivity (Wildman–Crippen MR) is 96.5 cm³/mol. The second-order valence-corrected chi connectivity index (χ2v) is 7.48. The van der Waals surface area contributed by atoms with Crippen LogP contribution in [0.15, 0.2) is 24.3 Å². The molecular formula is C19H26N4O2. The number of cyclic esters (lactones) is 1. The third kappa shape index (κ3) is 2.59. The fourth-order valence-corrected chi connectivity index (χ4v) is 4.26. The zero-order chi connectivity index (χ0) is 17.6. The normalized spacial score (nSPS) is 24.2. The molecule has 25 heavy (non-hydrogen) atoms. The summed E-state index contributed by atoms with van der Waals surface area (Å²) >= 11 is 0. The predicted octanol–water partition coefficient (Wildman–Crippen LogP) is 3.03. The number of carbonyl (C=O) groups excluding carboxylic acids is 1. The first-order valence-corrected chi connectivity index (χ1v) is 9.17. The monoisotopic (exact) mass is 342 g/mol. The highest BCUT2D eigenvalue weighted by atomic mass is 16.6. The number of carbonyl (C=O) groups is 1. The molecule has 3 heterocycles. The van der Waals surface area contributed by atoms with E-state index in [2.05, 4.69) is 48.4 Å². The van der Waals surface area contributed by atoms with E-state index in [0.717, 1.165) is 43.9 Å². The lowest BCUT2D eigenvalue weighted by molar-refractivity contribution is 0.0430. The second-order valence-electron chi connectivity index (χ2n) is 7.48. The molecule has 2 fully saturated rings. The number of amides is 1. The van der Waals surface area contributed by atoms with Crippen LogP contribution in [0.25, 0.3) is 11.0 Å². The molecule has 4 rings (SSSR count). The van der Waals surface area contributed by atoms with E-state index in [1.807, 2.05) is 11.0 Å². The van der Waals surface area contributed by atoms with Gasteiger partial charge in [0.15, 0.2) is 0 Å². The van der Waals surface area contributed by atoms with E-state index in [4.69, 9.17) is 9.72 Å². The molecule has 2 aliphatic heterocycles. The van der Waals surface area contributed by atoms with Gasteiger partial charge in [0, 0.05) is 25.7 Å². The first kappa shape index (κ1) is 16.4. The number of hydrogen-bond acceptors (Lipinski definition) is 4. The van der Waals surface area contributed by atoms with Gasteiger partial charge in [0.2, 0.25) is 0 Å². The molecule has 1 unspecified atom stereocenters. The van der Waals surface area contributed by atoms with Crippen LogP contribution in [0, 0.1) is 0 Å². The maximum Gasteiger partial charge on any atom is 0.410 e. The van der Waals surface area contributed by atoms with Crippen LogP contribution in [0.1, 0.15) is 39.1 Å². The second kappa shape index (κ2) is 6.02. The maximum atomic E-state index is 12.0. The SMILES string of the molecule is CCC12COC(=O)N1CCN(Cc1nc3ccccc3n1C(C)C)C2. The van der Waals surface area contributed by atoms with Crippen LogP contribution in [-0.2, 0) is 11.3 Å². The van der Waals surface area contributed by atoms with Gasteiger partial charge in [-0.2, -0.15) is 0 Å². The minimum atomic E-state index is -0.177. The fraction of sp³-hybridized carbons (Fsp3) is 0.579. The van der Waals surface area contributed by atoms with Gasteiger partial charge >= 0.3 is 6.09 Å². The highest BCUT2D eigenvalue weighted by Gasteiger charge is 2.49. The highest BCUT2D eigenvalue weighted by Crippen LogP contribution is 2.32. The molecule has 2 aromatic rings. The van der Waals surface area contributed by atoms with E-state index in [1.165, 1.54) is 5.52 Å². The van der Waals surface area contributed by atoms with Crippen molar-refractivity contribution in [3.8, 4) is 0 Å². The van der Waals surface area contributed by atoms with Crippen molar-refractivity contribution in [3.05, 3.63) is 30.1 Å². The molecule has 0 bridgehead atoms. The number of rotatable bonds is 4. The lowest BCUT2D eigenvalue weighted by Crippen LogP contribution is -2.60. The molecule has 0 saturated carbocycles. The van der Waals surface area contributed by atoms with E-state index >= 15 is 0 Å². The van der Waals surface area contributed by atoms with Crippen molar-refractivity contribution in [2.45, 2.75) is 45.3 Å². The third-order valence-electron chi connectivity index (χ3n) is 5.62. The molecule has 1 amide bonds. The molecule has 0 aliphatic carbocycles. The van der Waals surface area contributed by atoms with Gasteiger partial charge in [-0.15, -0.1) is 0 Å². The Morgan fingerprint density at radius 3 is 2.84 bits per heavy atom. The quantitative estimate of drug-likeness (QED) is 0.857. The largest absolute Gasteiger partial charge is 0.447 e. The molecule has 134 valence electrons. The lowest BCUT2D eigenvalue weighted by Gasteiger charge is -2.44. The number of benzene rings is 1. The van der Waals surface area contributed by atoms with Crippen LogP contribution in [0.4, 0.5) is 4.79 Å². The Bertz CT molecular complexity index is 800. The summed E-state index contributed by atoms with van der Waals surface area (Å²) in [5.41, 5.74) is 2.06. The number of piperazine rings is 1. The number of para-hydroxylation sites is 2. The maximum absolute atomic E-state index is 12.0. The average molecular weight is 342 g/mol. The van der Waals surface area contributed by atoms with Gasteiger partial charge in [0.1, 0.15) is 12.4 Å². The molecule has 2 aliphatic rings. The van der Waals surface area contributed by atoms with Crippen molar-refractivity contribution in [1.29, 1.82) is 0 Å². The Labute approximate surface area is 148 Å². The minimum absolute atomic E-state index is 0.157. The summed E-state index contributed by atoms with van der Waals surface area (Å²) in [7, 11) is 0. The average Bonchev–Trinajstić information content (AvgIpc) is 3.13. The molecule has 0 radical (unpaired) electrons. The molecule has 1 atom stereocenters. The smallest absolute Gasteiger partial charge is 0.410 e. The third-order valence-corrected chi connectivity index (χ3v) is 5.62. The van der Waals surface area contributed by atoms with Crippen molar-refractivity contribution < 1.29 is 9.53 Å². The van der Waals surface area contributed by atoms with Gasteiger partial charge in [0.05, 0.1) is 23.1 Å². The summed E-state index contributed by atoms with van der Waals surface area (Å²) in [6.45, 7) is 10.3. The number of aromatic nitrogens is 2. The topological polar surface area (TPSA) is 50.6 Å². The molecule has 1 aromatic heterocycles. The first-order chi connectivity index (χ1) is 12.0. The minimum Gasteiger partial charge on any atom is -0.447 e. The van der Waals surface area contributed by atoms with Crippen molar-refractivity contribution >= 4 is 17.1 Å². The van der Waals surface area contributed by atoms with Crippen molar-refractivity contribution in [2.24, 2.45) is 0 Å². The van der Waals surface area contributed by atoms with Gasteiger partial charge in [-0.05, 0) is 32.4 Å². The Morgan fingerprint density at radius 1 is 1.28 bits per heavy atom. The molecule has 0 spiro atoms. The van der Waals surface area contributed by atoms with E-state index < -0.39 is 0 Å². The summed E-state index contributed by atoms with van der Waals surface area (Å²) in [5, 5.41) is 0. The van der Waals surface area contributed by atoms with Gasteiger partial charge in [0.25, 0.3) is 0 Å². The van der Waals surface area contributed by atoms with E-state index in [1.54, 1.807) is 0 Å². The van der Waals surface area contributed by atoms with Crippen LogP contribution in [0.2, 0.25) is 0 Å². The fourth-order valence-electron chi connectivity index (χ4n) is 4.26. The Kier molecular flexibility index (Phi) is 3.95. The summed E-state index contributed by atoms with van der Waals surface area (Å²) in [6, 6.07) is 8.68. The van der Waals surface area contributed by atoms with Crippen LogP contribution in [-0.4, -0.2) is 57.2 Å². The van der Waals surface area contributed by atoms with Crippen LogP contribution in [0.5, 0.6) is 0 Å². The van der Waals surface area contributed by atoms with Crippen LogP contribution < -0.4 is 0 Å². The molecule has 6 nitrogen and oxygen atoms in total. The Hall–Kier alpha value is -2.08. The van der Waals surface area contributed by atoms with Crippen LogP contribution in [0.3, 0.4) is 0 Å². The standard InChI is InChI=1S/C19H26N4O2/c1-4-19-12-21(9-10-22(19)18(24)25-13-19)11-17-20-15-7-5-6-8-16(15)23(17)14(2)3/h5-8,14H,4,9-13H2,1-3H3. The number of fused-ring (bicyclic) bond motifs is 2. The number of ether oxygens (including phenoxy) is 1. The molecule has 6 heteroatoms. The zero-order valence-electron chi connectivity index (χ0n) is 15.2. The number of nitrogens with zero attached hydrogens (tertiary/aromatic N) is 4. The van der Waals surface area contributed by atoms with E-state index in [0.29, 0.717) is 12.6 Å². The Balaban J connectivity index is 1.62. The molecular weight excluding hydrogens is 316 g/mol. The van der Waals surface area contributed by atoms with E-state index in [-0.39, 0.29) is 11.6 Å². The molecule has 1 aromatic carbocycles. The lowest BCUT2D eigenvalue weighted by atomic mass is 9.93. The van der Waals surface area contributed by atoms with Crippen molar-refractivity contribution in [1.82, 2.24) is 19.4 Å². The summed E-state index contributed by atoms with van der Waals surface area (Å²) in [4.78, 5) is 21.2. The van der Waals surface area contributed by atoms with Gasteiger partial charge in [-0.3, -0.25) is 9.80 Å². The van der Waals surface area contributed by atoms with E-state index in [9.17, 15) is 4.79 Å². The van der Waals surface area contributed by atoms with Crippen molar-refractivity contribution in [2.75, 3.05) is 26.2 Å². The van der Waals surface area contributed by atoms with Gasteiger partial charge < -0.3 is 9.30 Å². The summed E-state index contributed by atoms with van der Waals surface area (Å²) in [5.74, 6) is 1.10. The molecule has 0 N–H and O–H groups in total. The Morgan fingerprint density at radius 2 is 2.08 bits per heavy atom. The van der Waals surface area contributed by atoms with Crippen molar-refractivity contribution in [3.63, 3.8) is 0 Å². The number of imidazole rings is 1. The van der Waals surface area contributed by atoms with Gasteiger partial charge in [-0.1, -0.05) is 19.1 Å². The first-order valence-electron chi connectivity index (χ1n) is 9.17. The number of hydrogen-bond donors (Lipinski definition) is 0. The zero-order valence-corrected chi connectivity index (χ0v) is 15.2.